The van der Waals surface area contributed by atoms with E-state index in [1.807, 2.05) is 24.3 Å². The Morgan fingerprint density at radius 2 is 1.70 bits per heavy atom. The lowest BCUT2D eigenvalue weighted by Crippen LogP contribution is -2.66. The Labute approximate surface area is 239 Å². The number of benzene rings is 1. The van der Waals surface area contributed by atoms with Crippen molar-refractivity contribution in [2.24, 2.45) is 11.1 Å². The van der Waals surface area contributed by atoms with Crippen molar-refractivity contribution in [2.75, 3.05) is 51.5 Å². The normalized spacial score (nSPS) is 28.2. The molecule has 1 aromatic heterocycles. The number of likely N-dealkylation sites (tertiary alicyclic amines) is 2. The molecule has 5 aliphatic rings. The summed E-state index contributed by atoms with van der Waals surface area (Å²) in [4.78, 5) is 11.7. The molecule has 3 saturated heterocycles. The second-order valence-electron chi connectivity index (χ2n) is 13.0. The van der Waals surface area contributed by atoms with E-state index in [0.717, 1.165) is 30.6 Å². The number of nitrogens with one attached hydrogen (secondary N) is 2. The molecule has 7 N–H and O–H groups in total. The number of hydrogen-bond acceptors (Lipinski definition) is 7. The number of nitrogens with two attached hydrogens (primary N) is 2. The third kappa shape index (κ3) is 4.73. The highest BCUT2D eigenvalue weighted by molar-refractivity contribution is 5.86. The minimum atomic E-state index is 0. The molecule has 4 fully saturated rings. The van der Waals surface area contributed by atoms with Crippen LogP contribution in [0, 0.1) is 5.41 Å². The first kappa shape index (κ1) is 27.6. The molecular formula is C32H49N7O. The molecule has 1 aliphatic carbocycles. The van der Waals surface area contributed by atoms with E-state index in [0.29, 0.717) is 28.5 Å². The minimum absolute atomic E-state index is 0. The summed E-state index contributed by atoms with van der Waals surface area (Å²) in [6, 6.07) is 9.64. The Balaban J connectivity index is 0.00000289. The molecule has 4 aliphatic heterocycles. The van der Waals surface area contributed by atoms with Crippen LogP contribution in [0.15, 0.2) is 24.3 Å². The van der Waals surface area contributed by atoms with Crippen LogP contribution in [-0.2, 0) is 6.42 Å². The maximum Gasteiger partial charge on any atom is 0.124 e. The smallest absolute Gasteiger partial charge is 0.124 e. The Morgan fingerprint density at radius 3 is 2.40 bits per heavy atom. The first-order valence-corrected chi connectivity index (χ1v) is 15.1. The predicted octanol–water partition coefficient (Wildman–Crippen LogP) is 3.61. The number of phenols is 1. The number of piperidine rings is 1. The maximum absolute atomic E-state index is 10.3. The Hall–Kier alpha value is -2.52. The lowest BCUT2D eigenvalue weighted by molar-refractivity contribution is -0.0490. The third-order valence-electron chi connectivity index (χ3n) is 10.8. The Kier molecular flexibility index (Phi) is 7.40. The predicted molar refractivity (Wildman–Crippen MR) is 164 cm³/mol. The summed E-state index contributed by atoms with van der Waals surface area (Å²) in [5.74, 6) is 0.853. The summed E-state index contributed by atoms with van der Waals surface area (Å²) in [6.45, 7) is 10.8. The van der Waals surface area contributed by atoms with Crippen LogP contribution in [0.25, 0.3) is 11.8 Å². The van der Waals surface area contributed by atoms with E-state index < -0.39 is 0 Å². The summed E-state index contributed by atoms with van der Waals surface area (Å²) < 4.78 is 0. The topological polar surface area (TPSA) is 110 Å². The third-order valence-corrected chi connectivity index (χ3v) is 10.8. The number of fused-ring (bicyclic) bond motifs is 1. The van der Waals surface area contributed by atoms with Crippen molar-refractivity contribution in [1.29, 1.82) is 0 Å². The second-order valence-corrected chi connectivity index (χ2v) is 13.0. The van der Waals surface area contributed by atoms with Gasteiger partial charge in [-0.3, -0.25) is 9.80 Å². The van der Waals surface area contributed by atoms with Gasteiger partial charge in [0.1, 0.15) is 11.6 Å². The van der Waals surface area contributed by atoms with Gasteiger partial charge in [0.05, 0.1) is 0 Å². The van der Waals surface area contributed by atoms with Gasteiger partial charge in [0.2, 0.25) is 0 Å². The average Bonchev–Trinajstić information content (AvgIpc) is 3.48. The van der Waals surface area contributed by atoms with Gasteiger partial charge in [-0.2, -0.15) is 0 Å². The molecule has 8 heteroatoms. The van der Waals surface area contributed by atoms with Crippen molar-refractivity contribution >= 4 is 17.6 Å². The fourth-order valence-electron chi connectivity index (χ4n) is 8.44. The van der Waals surface area contributed by atoms with E-state index in [2.05, 4.69) is 31.9 Å². The highest BCUT2D eigenvalue weighted by Crippen LogP contribution is 2.47. The van der Waals surface area contributed by atoms with E-state index in [-0.39, 0.29) is 19.2 Å². The molecule has 2 aromatic rings. The molecule has 0 amide bonds. The van der Waals surface area contributed by atoms with Crippen LogP contribution < -0.4 is 16.8 Å². The van der Waals surface area contributed by atoms with Gasteiger partial charge < -0.3 is 31.8 Å². The highest BCUT2D eigenvalue weighted by atomic mass is 16.3. The number of anilines is 1. The van der Waals surface area contributed by atoms with Gasteiger partial charge >= 0.3 is 0 Å². The van der Waals surface area contributed by atoms with Crippen LogP contribution in [0.4, 0.5) is 5.82 Å². The number of H-pyrrole nitrogens is 1. The summed E-state index contributed by atoms with van der Waals surface area (Å²) >= 11 is 0. The van der Waals surface area contributed by atoms with Crippen molar-refractivity contribution in [2.45, 2.75) is 77.0 Å². The molecule has 1 saturated carbocycles. The highest BCUT2D eigenvalue weighted by Gasteiger charge is 2.50. The van der Waals surface area contributed by atoms with Crippen LogP contribution in [-0.4, -0.2) is 88.7 Å². The number of nitrogens with zero attached hydrogens (tertiary/aromatic N) is 3. The van der Waals surface area contributed by atoms with Crippen LogP contribution in [0.2, 0.25) is 0 Å². The number of phenolic OH excluding ortho intramolecular Hbond substituents is 1. The first-order valence-electron chi connectivity index (χ1n) is 15.1. The van der Waals surface area contributed by atoms with E-state index in [4.69, 9.17) is 11.5 Å². The van der Waals surface area contributed by atoms with Gasteiger partial charge in [0, 0.05) is 85.8 Å². The zero-order valence-corrected chi connectivity index (χ0v) is 23.3. The van der Waals surface area contributed by atoms with Gasteiger partial charge in [0.25, 0.3) is 0 Å². The zero-order chi connectivity index (χ0) is 26.7. The van der Waals surface area contributed by atoms with Crippen LogP contribution in [0.1, 0.15) is 74.9 Å². The lowest BCUT2D eigenvalue weighted by atomic mass is 9.61. The molecule has 2 atom stereocenters. The van der Waals surface area contributed by atoms with Crippen molar-refractivity contribution in [3.05, 3.63) is 46.6 Å². The second kappa shape index (κ2) is 10.7. The van der Waals surface area contributed by atoms with Gasteiger partial charge in [-0.05, 0) is 81.3 Å². The van der Waals surface area contributed by atoms with Crippen molar-refractivity contribution in [1.82, 2.24) is 25.0 Å². The van der Waals surface area contributed by atoms with Crippen molar-refractivity contribution < 1.29 is 5.11 Å². The van der Waals surface area contributed by atoms with Crippen LogP contribution in [0.3, 0.4) is 0 Å². The Bertz CT molecular complexity index is 1230. The number of nitrogen functional groups attached to an aromatic ring is 1. The molecule has 2 unspecified atom stereocenters. The molecule has 5 heterocycles. The SMILES string of the molecule is C.CC1c2c([nH]c(N)c2/C=C(\N)c2ccccc2O)CCN1C1CCN(C2CCN(C3CC4(CNC4)C3)CC2)C1. The molecule has 0 bridgehead atoms. The summed E-state index contributed by atoms with van der Waals surface area (Å²) in [5.41, 5.74) is 18.3. The fraction of sp³-hybridized carbons (Fsp3) is 0.625. The van der Waals surface area contributed by atoms with Crippen molar-refractivity contribution in [3.63, 3.8) is 0 Å². The minimum Gasteiger partial charge on any atom is -0.507 e. The first-order chi connectivity index (χ1) is 18.9. The van der Waals surface area contributed by atoms with Gasteiger partial charge in [0.15, 0.2) is 0 Å². The fourth-order valence-corrected chi connectivity index (χ4v) is 8.44. The van der Waals surface area contributed by atoms with E-state index in [1.165, 1.54) is 82.6 Å². The quantitative estimate of drug-likeness (QED) is 0.389. The monoisotopic (exact) mass is 547 g/mol. The molecule has 0 radical (unpaired) electrons. The van der Waals surface area contributed by atoms with Gasteiger partial charge in [-0.15, -0.1) is 0 Å². The van der Waals surface area contributed by atoms with Crippen LogP contribution in [0.5, 0.6) is 5.75 Å². The number of para-hydroxylation sites is 1. The molecule has 40 heavy (non-hydrogen) atoms. The number of aromatic hydroxyl groups is 1. The van der Waals surface area contributed by atoms with Crippen LogP contribution >= 0.6 is 0 Å². The summed E-state index contributed by atoms with van der Waals surface area (Å²) in [5, 5.41) is 13.8. The summed E-state index contributed by atoms with van der Waals surface area (Å²) in [7, 11) is 0. The molecule has 1 aromatic carbocycles. The zero-order valence-electron chi connectivity index (χ0n) is 23.3. The van der Waals surface area contributed by atoms with E-state index in [9.17, 15) is 5.11 Å². The molecule has 8 nitrogen and oxygen atoms in total. The maximum atomic E-state index is 10.3. The summed E-state index contributed by atoms with van der Waals surface area (Å²) in [6.07, 6.45) is 9.64. The molecule has 7 rings (SSSR count). The van der Waals surface area contributed by atoms with Gasteiger partial charge in [-0.1, -0.05) is 19.6 Å². The largest absolute Gasteiger partial charge is 0.507 e. The number of aromatic nitrogens is 1. The standard InChI is InChI=1S/C31H45N7O.CH4/c1-20-29-25(14-26(32)24-4-2-3-5-28(24)39)30(33)35-27(29)9-13-38(20)22-8-12-37(17-22)21-6-10-36(11-7-21)23-15-31(16-23)18-34-19-31;/h2-5,14,20-23,34-35,39H,6-13,15-19,32-33H2,1H3;1H4/b26-14-;. The number of hydrogen-bond donors (Lipinski definition) is 5. The number of rotatable bonds is 5. The lowest BCUT2D eigenvalue weighted by Gasteiger charge is -2.58. The van der Waals surface area contributed by atoms with E-state index in [1.54, 1.807) is 6.07 Å². The molecular weight excluding hydrogens is 498 g/mol. The van der Waals surface area contributed by atoms with Crippen molar-refractivity contribution in [3.8, 4) is 5.75 Å². The molecule has 1 spiro atoms. The van der Waals surface area contributed by atoms with E-state index >= 15 is 0 Å². The molecule has 218 valence electrons. The average molecular weight is 548 g/mol. The Morgan fingerprint density at radius 1 is 1.00 bits per heavy atom. The van der Waals surface area contributed by atoms with Gasteiger partial charge in [-0.25, -0.2) is 0 Å². The number of aromatic amines is 1.